The van der Waals surface area contributed by atoms with Crippen LogP contribution in [-0.2, 0) is 14.3 Å². The highest BCUT2D eigenvalue weighted by atomic mass is 16.6. The number of aromatic hydroxyl groups is 1. The van der Waals surface area contributed by atoms with Crippen LogP contribution >= 0.6 is 0 Å². The molecule has 1 aromatic rings. The quantitative estimate of drug-likeness (QED) is 0.381. The molecule has 2 atom stereocenters. The van der Waals surface area contributed by atoms with Crippen LogP contribution < -0.4 is 10.6 Å². The largest absolute Gasteiger partial charge is 0.508 e. The Morgan fingerprint density at radius 3 is 2.06 bits per heavy atom. The van der Waals surface area contributed by atoms with Crippen molar-refractivity contribution in [3.8, 4) is 5.75 Å². The van der Waals surface area contributed by atoms with E-state index < -0.39 is 29.3 Å². The predicted octanol–water partition coefficient (Wildman–Crippen LogP) is 4.92. The molecule has 1 aromatic carbocycles. The zero-order chi connectivity index (χ0) is 27.0. The average molecular weight is 492 g/mol. The van der Waals surface area contributed by atoms with E-state index in [1.54, 1.807) is 37.8 Å². The molecule has 8 nitrogen and oxygen atoms in total. The molecule has 0 aliphatic rings. The number of nitrogens with one attached hydrogen (secondary N) is 2. The number of carbonyl (C=O) groups is 3. The van der Waals surface area contributed by atoms with Crippen molar-refractivity contribution in [1.82, 2.24) is 15.5 Å². The third-order valence-electron chi connectivity index (χ3n) is 5.90. The van der Waals surface area contributed by atoms with E-state index >= 15 is 0 Å². The summed E-state index contributed by atoms with van der Waals surface area (Å²) >= 11 is 0. The van der Waals surface area contributed by atoms with Gasteiger partial charge in [0.15, 0.2) is 0 Å². The normalized spacial score (nSPS) is 13.7. The fourth-order valence-electron chi connectivity index (χ4n) is 3.60. The number of alkyl carbamates (subject to hydrolysis) is 1. The van der Waals surface area contributed by atoms with E-state index in [0.29, 0.717) is 18.5 Å². The molecule has 8 heteroatoms. The van der Waals surface area contributed by atoms with E-state index in [-0.39, 0.29) is 23.5 Å². The lowest BCUT2D eigenvalue weighted by Gasteiger charge is -2.45. The van der Waals surface area contributed by atoms with Gasteiger partial charge in [0.05, 0.1) is 0 Å². The lowest BCUT2D eigenvalue weighted by molar-refractivity contribution is -0.150. The maximum Gasteiger partial charge on any atom is 0.408 e. The van der Waals surface area contributed by atoms with Gasteiger partial charge in [0.25, 0.3) is 0 Å². The summed E-state index contributed by atoms with van der Waals surface area (Å²) in [7, 11) is 0. The molecule has 0 heterocycles. The van der Waals surface area contributed by atoms with Gasteiger partial charge in [0.2, 0.25) is 11.8 Å². The molecular formula is C27H45N3O5. The highest BCUT2D eigenvalue weighted by molar-refractivity contribution is 5.92. The van der Waals surface area contributed by atoms with Gasteiger partial charge in [-0.1, -0.05) is 46.2 Å². The van der Waals surface area contributed by atoms with E-state index in [9.17, 15) is 19.5 Å². The molecule has 3 N–H and O–H groups in total. The zero-order valence-electron chi connectivity index (χ0n) is 22.9. The van der Waals surface area contributed by atoms with Crippen LogP contribution in [0.5, 0.6) is 5.75 Å². The molecule has 0 fully saturated rings. The molecular weight excluding hydrogens is 446 g/mol. The van der Waals surface area contributed by atoms with Crippen molar-refractivity contribution in [1.29, 1.82) is 0 Å². The van der Waals surface area contributed by atoms with Crippen molar-refractivity contribution < 1.29 is 24.2 Å². The SMILES string of the molecule is CCCCNC(=O)C(c1ccc(O)cc1)N(C(=O)C(NC(=O)OC(C)(C)C)C(C)C)C(C)(C)CC. The van der Waals surface area contributed by atoms with Crippen molar-refractivity contribution in [2.75, 3.05) is 6.54 Å². The molecule has 0 aliphatic heterocycles. The Labute approximate surface area is 210 Å². The monoisotopic (exact) mass is 491 g/mol. The molecule has 2 unspecified atom stereocenters. The van der Waals surface area contributed by atoms with E-state index in [1.807, 2.05) is 41.5 Å². The number of benzene rings is 1. The summed E-state index contributed by atoms with van der Waals surface area (Å²) in [6.07, 6.45) is 1.62. The van der Waals surface area contributed by atoms with Gasteiger partial charge >= 0.3 is 6.09 Å². The molecule has 0 saturated heterocycles. The van der Waals surface area contributed by atoms with Crippen LogP contribution in [0.4, 0.5) is 4.79 Å². The van der Waals surface area contributed by atoms with Crippen LogP contribution in [0, 0.1) is 5.92 Å². The minimum atomic E-state index is -0.948. The molecule has 0 radical (unpaired) electrons. The average Bonchev–Trinajstić information content (AvgIpc) is 2.74. The number of hydrogen-bond donors (Lipinski definition) is 3. The number of phenolic OH excluding ortho intramolecular Hbond substituents is 1. The third kappa shape index (κ3) is 9.07. The number of nitrogens with zero attached hydrogens (tertiary/aromatic N) is 1. The number of unbranched alkanes of at least 4 members (excludes halogenated alkanes) is 1. The van der Waals surface area contributed by atoms with Gasteiger partial charge in [-0.3, -0.25) is 9.59 Å². The summed E-state index contributed by atoms with van der Waals surface area (Å²) in [6, 6.07) is 4.45. The minimum absolute atomic E-state index is 0.0677. The summed E-state index contributed by atoms with van der Waals surface area (Å²) < 4.78 is 5.40. The molecule has 0 aromatic heterocycles. The first-order chi connectivity index (χ1) is 16.1. The summed E-state index contributed by atoms with van der Waals surface area (Å²) in [4.78, 5) is 41.8. The van der Waals surface area contributed by atoms with Crippen LogP contribution in [0.2, 0.25) is 0 Å². The molecule has 3 amide bonds. The molecule has 0 aliphatic carbocycles. The van der Waals surface area contributed by atoms with Gasteiger partial charge in [0, 0.05) is 12.1 Å². The Balaban J connectivity index is 3.54. The number of amides is 3. The van der Waals surface area contributed by atoms with Crippen molar-refractivity contribution in [2.45, 2.75) is 105 Å². The Morgan fingerprint density at radius 1 is 1.03 bits per heavy atom. The van der Waals surface area contributed by atoms with Gasteiger partial charge in [-0.25, -0.2) is 4.79 Å². The Bertz CT molecular complexity index is 843. The first-order valence-corrected chi connectivity index (χ1v) is 12.5. The van der Waals surface area contributed by atoms with E-state index in [2.05, 4.69) is 10.6 Å². The van der Waals surface area contributed by atoms with Crippen LogP contribution in [0.15, 0.2) is 24.3 Å². The first-order valence-electron chi connectivity index (χ1n) is 12.5. The topological polar surface area (TPSA) is 108 Å². The Hall–Kier alpha value is -2.77. The first kappa shape index (κ1) is 30.3. The number of hydrogen-bond acceptors (Lipinski definition) is 5. The number of ether oxygens (including phenoxy) is 1. The van der Waals surface area contributed by atoms with Crippen molar-refractivity contribution in [2.24, 2.45) is 5.92 Å². The van der Waals surface area contributed by atoms with Crippen molar-refractivity contribution in [3.63, 3.8) is 0 Å². The van der Waals surface area contributed by atoms with E-state index in [0.717, 1.165) is 12.8 Å². The summed E-state index contributed by atoms with van der Waals surface area (Å²) in [6.45, 7) is 17.2. The molecule has 0 saturated carbocycles. The van der Waals surface area contributed by atoms with Gasteiger partial charge in [0.1, 0.15) is 23.4 Å². The summed E-state index contributed by atoms with van der Waals surface area (Å²) in [5, 5.41) is 15.5. The van der Waals surface area contributed by atoms with Crippen LogP contribution in [-0.4, -0.2) is 51.6 Å². The Morgan fingerprint density at radius 2 is 1.60 bits per heavy atom. The second-order valence-corrected chi connectivity index (χ2v) is 10.9. The molecule has 198 valence electrons. The fraction of sp³-hybridized carbons (Fsp3) is 0.667. The predicted molar refractivity (Wildman–Crippen MR) is 138 cm³/mol. The van der Waals surface area contributed by atoms with E-state index in [4.69, 9.17) is 4.74 Å². The third-order valence-corrected chi connectivity index (χ3v) is 5.90. The van der Waals surface area contributed by atoms with Crippen molar-refractivity contribution in [3.05, 3.63) is 29.8 Å². The lowest BCUT2D eigenvalue weighted by Crippen LogP contribution is -2.60. The highest BCUT2D eigenvalue weighted by Crippen LogP contribution is 2.33. The van der Waals surface area contributed by atoms with Crippen LogP contribution in [0.25, 0.3) is 0 Å². The fourth-order valence-corrected chi connectivity index (χ4v) is 3.60. The van der Waals surface area contributed by atoms with Crippen LogP contribution in [0.1, 0.15) is 93.2 Å². The number of phenols is 1. The standard InChI is InChI=1S/C27H45N3O5/c1-10-12-17-28-23(32)22(19-13-15-20(31)16-14-19)30(27(8,9)11-2)24(33)21(18(3)4)29-25(34)35-26(5,6)7/h13-16,18,21-22,31H,10-12,17H2,1-9H3,(H,28,32)(H,29,34). The summed E-state index contributed by atoms with van der Waals surface area (Å²) in [5.74, 6) is -0.868. The molecule has 35 heavy (non-hydrogen) atoms. The highest BCUT2D eigenvalue weighted by Gasteiger charge is 2.43. The van der Waals surface area contributed by atoms with E-state index in [1.165, 1.54) is 12.1 Å². The second kappa shape index (κ2) is 12.8. The van der Waals surface area contributed by atoms with Gasteiger partial charge in [-0.05, 0) is 71.1 Å². The maximum atomic E-state index is 14.1. The van der Waals surface area contributed by atoms with Gasteiger partial charge in [-0.15, -0.1) is 0 Å². The zero-order valence-corrected chi connectivity index (χ0v) is 22.9. The second-order valence-electron chi connectivity index (χ2n) is 10.9. The summed E-state index contributed by atoms with van der Waals surface area (Å²) in [5.41, 5.74) is -0.860. The van der Waals surface area contributed by atoms with Gasteiger partial charge in [-0.2, -0.15) is 0 Å². The molecule has 0 bridgehead atoms. The molecule has 0 spiro atoms. The van der Waals surface area contributed by atoms with Crippen LogP contribution in [0.3, 0.4) is 0 Å². The maximum absolute atomic E-state index is 14.1. The minimum Gasteiger partial charge on any atom is -0.508 e. The number of carbonyl (C=O) groups excluding carboxylic acids is 3. The van der Waals surface area contributed by atoms with Crippen molar-refractivity contribution >= 4 is 17.9 Å². The Kier molecular flexibility index (Phi) is 11.1. The lowest BCUT2D eigenvalue weighted by atomic mass is 9.90. The number of rotatable bonds is 11. The smallest absolute Gasteiger partial charge is 0.408 e. The van der Waals surface area contributed by atoms with Gasteiger partial charge < -0.3 is 25.4 Å². The molecule has 1 rings (SSSR count).